The van der Waals surface area contributed by atoms with Gasteiger partial charge in [0.15, 0.2) is 18.2 Å². The van der Waals surface area contributed by atoms with Crippen molar-refractivity contribution in [3.8, 4) is 11.5 Å². The zero-order valence-electron chi connectivity index (χ0n) is 19.5. The third-order valence-corrected chi connectivity index (χ3v) is 6.71. The molecule has 2 heterocycles. The van der Waals surface area contributed by atoms with Crippen LogP contribution in [0.3, 0.4) is 0 Å². The van der Waals surface area contributed by atoms with Crippen LogP contribution in [0.25, 0.3) is 0 Å². The average Bonchev–Trinajstić information content (AvgIpc) is 2.83. The van der Waals surface area contributed by atoms with Gasteiger partial charge in [-0.2, -0.15) is 9.78 Å². The lowest BCUT2D eigenvalue weighted by molar-refractivity contribution is 0.203. The van der Waals surface area contributed by atoms with E-state index in [1.54, 1.807) is 7.11 Å². The number of unbranched alkanes of at least 4 members (excludes halogenated alkanes) is 7. The largest absolute Gasteiger partial charge is 0.493 e. The second-order valence-electron chi connectivity index (χ2n) is 8.31. The first-order chi connectivity index (χ1) is 16.1. The molecule has 33 heavy (non-hydrogen) atoms. The highest BCUT2D eigenvalue weighted by atomic mass is 35.5. The fourth-order valence-electron chi connectivity index (χ4n) is 4.13. The Labute approximate surface area is 205 Å². The number of methoxy groups -OCH3 is 1. The molecule has 1 aromatic heterocycles. The van der Waals surface area contributed by atoms with Gasteiger partial charge in [0.1, 0.15) is 5.02 Å². The van der Waals surface area contributed by atoms with Crippen molar-refractivity contribution >= 4 is 28.9 Å². The number of hydrogen-bond acceptors (Lipinski definition) is 5. The van der Waals surface area contributed by atoms with Gasteiger partial charge in [0.05, 0.1) is 18.3 Å². The number of aromatic nitrogens is 2. The number of halogens is 2. The predicted molar refractivity (Wildman–Crippen MR) is 134 cm³/mol. The Morgan fingerprint density at radius 1 is 1.06 bits per heavy atom. The SMILES string of the molecule is CCCCCCCCCCC1=NCCc2c1ccc(OC)c2OCn1ncc(Cl)c(Cl)c1=O. The summed E-state index contributed by atoms with van der Waals surface area (Å²) in [5, 5.41) is 4.06. The minimum Gasteiger partial charge on any atom is -0.493 e. The Kier molecular flexibility index (Phi) is 10.1. The summed E-state index contributed by atoms with van der Waals surface area (Å²) in [6.45, 7) is 2.87. The predicted octanol–water partition coefficient (Wildman–Crippen LogP) is 6.47. The topological polar surface area (TPSA) is 65.7 Å². The standard InChI is InChI=1S/C25H33Cl2N3O3/c1-3-4-5-6-7-8-9-10-11-21-18-12-13-22(32-2)24(19(18)14-15-28-21)33-17-30-25(31)23(27)20(26)16-29-30/h12-13,16H,3-11,14-15,17H2,1-2H3. The summed E-state index contributed by atoms with van der Waals surface area (Å²) < 4.78 is 12.7. The van der Waals surface area contributed by atoms with Crippen LogP contribution in [0, 0.1) is 0 Å². The van der Waals surface area contributed by atoms with Crippen molar-refractivity contribution in [2.45, 2.75) is 77.9 Å². The summed E-state index contributed by atoms with van der Waals surface area (Å²) >= 11 is 11.8. The minimum absolute atomic E-state index is 0.0721. The summed E-state index contributed by atoms with van der Waals surface area (Å²) in [5.41, 5.74) is 2.80. The number of ether oxygens (including phenoxy) is 2. The first-order valence-corrected chi connectivity index (χ1v) is 12.6. The summed E-state index contributed by atoms with van der Waals surface area (Å²) in [5.74, 6) is 1.24. The zero-order valence-corrected chi connectivity index (χ0v) is 21.1. The van der Waals surface area contributed by atoms with Crippen molar-refractivity contribution in [1.29, 1.82) is 0 Å². The zero-order chi connectivity index (χ0) is 23.6. The van der Waals surface area contributed by atoms with Crippen LogP contribution in [-0.4, -0.2) is 29.1 Å². The molecular weight excluding hydrogens is 461 g/mol. The Morgan fingerprint density at radius 3 is 2.52 bits per heavy atom. The molecule has 0 spiro atoms. The first-order valence-electron chi connectivity index (χ1n) is 11.8. The van der Waals surface area contributed by atoms with Gasteiger partial charge in [-0.05, 0) is 31.4 Å². The maximum atomic E-state index is 12.3. The molecular formula is C25H33Cl2N3O3. The fraction of sp³-hybridized carbons (Fsp3) is 0.560. The monoisotopic (exact) mass is 493 g/mol. The first kappa shape index (κ1) is 25.6. The molecule has 2 aromatic rings. The number of hydrogen-bond donors (Lipinski definition) is 0. The quantitative estimate of drug-likeness (QED) is 0.299. The number of fused-ring (bicyclic) bond motifs is 1. The number of rotatable bonds is 13. The van der Waals surface area contributed by atoms with Gasteiger partial charge in [-0.15, -0.1) is 0 Å². The Balaban J connectivity index is 1.66. The van der Waals surface area contributed by atoms with Crippen LogP contribution in [0.2, 0.25) is 10.0 Å². The highest BCUT2D eigenvalue weighted by molar-refractivity contribution is 6.41. The molecule has 0 fully saturated rings. The molecule has 1 aliphatic heterocycles. The van der Waals surface area contributed by atoms with E-state index in [1.165, 1.54) is 51.1 Å². The maximum Gasteiger partial charge on any atom is 0.290 e. The minimum atomic E-state index is -0.495. The van der Waals surface area contributed by atoms with Gasteiger partial charge in [0.25, 0.3) is 5.56 Å². The van der Waals surface area contributed by atoms with Crippen LogP contribution in [0.1, 0.15) is 75.8 Å². The lowest BCUT2D eigenvalue weighted by Gasteiger charge is -2.22. The molecule has 0 unspecified atom stereocenters. The molecule has 1 aliphatic rings. The van der Waals surface area contributed by atoms with Crippen LogP contribution in [0.5, 0.6) is 11.5 Å². The average molecular weight is 494 g/mol. The van der Waals surface area contributed by atoms with E-state index in [0.717, 1.165) is 40.8 Å². The molecule has 3 rings (SSSR count). The van der Waals surface area contributed by atoms with E-state index < -0.39 is 5.56 Å². The second kappa shape index (κ2) is 13.0. The van der Waals surface area contributed by atoms with Crippen molar-refractivity contribution in [1.82, 2.24) is 9.78 Å². The van der Waals surface area contributed by atoms with Crippen LogP contribution >= 0.6 is 23.2 Å². The second-order valence-corrected chi connectivity index (χ2v) is 9.10. The van der Waals surface area contributed by atoms with Gasteiger partial charge in [0, 0.05) is 23.4 Å². The number of benzene rings is 1. The van der Waals surface area contributed by atoms with Gasteiger partial charge in [-0.1, -0.05) is 75.1 Å². The van der Waals surface area contributed by atoms with Crippen molar-refractivity contribution < 1.29 is 9.47 Å². The Morgan fingerprint density at radius 2 is 1.79 bits per heavy atom. The summed E-state index contributed by atoms with van der Waals surface area (Å²) in [6, 6.07) is 3.96. The Hall–Kier alpha value is -2.05. The smallest absolute Gasteiger partial charge is 0.290 e. The van der Waals surface area contributed by atoms with E-state index in [9.17, 15) is 4.79 Å². The van der Waals surface area contributed by atoms with Crippen molar-refractivity contribution in [3.63, 3.8) is 0 Å². The highest BCUT2D eigenvalue weighted by Gasteiger charge is 2.22. The third-order valence-electron chi connectivity index (χ3n) is 5.96. The van der Waals surface area contributed by atoms with Crippen LogP contribution in [-0.2, 0) is 13.2 Å². The summed E-state index contributed by atoms with van der Waals surface area (Å²) in [4.78, 5) is 17.1. The molecule has 0 atom stereocenters. The van der Waals surface area contributed by atoms with Gasteiger partial charge < -0.3 is 9.47 Å². The van der Waals surface area contributed by atoms with Gasteiger partial charge >= 0.3 is 0 Å². The molecule has 0 radical (unpaired) electrons. The molecule has 0 bridgehead atoms. The van der Waals surface area contributed by atoms with E-state index in [1.807, 2.05) is 6.07 Å². The summed E-state index contributed by atoms with van der Waals surface area (Å²) in [6.07, 6.45) is 13.3. The van der Waals surface area contributed by atoms with Crippen molar-refractivity contribution in [2.75, 3.05) is 13.7 Å². The van der Waals surface area contributed by atoms with Gasteiger partial charge in [-0.25, -0.2) is 0 Å². The fourth-order valence-corrected chi connectivity index (χ4v) is 4.41. The van der Waals surface area contributed by atoms with Crippen LogP contribution in [0.4, 0.5) is 0 Å². The van der Waals surface area contributed by atoms with Crippen molar-refractivity contribution in [2.24, 2.45) is 4.99 Å². The molecule has 0 saturated heterocycles. The normalized spacial score (nSPS) is 12.9. The molecule has 8 heteroatoms. The van der Waals surface area contributed by atoms with E-state index in [-0.39, 0.29) is 16.8 Å². The molecule has 0 amide bonds. The van der Waals surface area contributed by atoms with Crippen molar-refractivity contribution in [3.05, 3.63) is 49.9 Å². The molecule has 0 N–H and O–H groups in total. The molecule has 1 aromatic carbocycles. The number of nitrogens with zero attached hydrogens (tertiary/aromatic N) is 3. The van der Waals surface area contributed by atoms with E-state index >= 15 is 0 Å². The third kappa shape index (κ3) is 6.73. The molecule has 0 aliphatic carbocycles. The maximum absolute atomic E-state index is 12.3. The Bertz CT molecular complexity index is 1020. The lowest BCUT2D eigenvalue weighted by atomic mass is 9.93. The van der Waals surface area contributed by atoms with E-state index in [0.29, 0.717) is 18.0 Å². The van der Waals surface area contributed by atoms with Gasteiger partial charge in [0.2, 0.25) is 0 Å². The van der Waals surface area contributed by atoms with E-state index in [4.69, 9.17) is 37.7 Å². The molecule has 180 valence electrons. The summed E-state index contributed by atoms with van der Waals surface area (Å²) in [7, 11) is 1.61. The van der Waals surface area contributed by atoms with E-state index in [2.05, 4.69) is 18.1 Å². The molecule has 6 nitrogen and oxygen atoms in total. The number of aliphatic imine (C=N–C) groups is 1. The van der Waals surface area contributed by atoms with Gasteiger partial charge in [-0.3, -0.25) is 9.79 Å². The van der Waals surface area contributed by atoms with Crippen LogP contribution < -0.4 is 15.0 Å². The lowest BCUT2D eigenvalue weighted by Crippen LogP contribution is -2.26. The molecule has 0 saturated carbocycles. The van der Waals surface area contributed by atoms with Crippen LogP contribution in [0.15, 0.2) is 28.1 Å². The highest BCUT2D eigenvalue weighted by Crippen LogP contribution is 2.37.